The minimum absolute atomic E-state index is 0.598. The summed E-state index contributed by atoms with van der Waals surface area (Å²) in [6.45, 7) is 7.11. The molecule has 0 unspecified atom stereocenters. The number of nitrogens with one attached hydrogen (secondary N) is 2. The van der Waals surface area contributed by atoms with Gasteiger partial charge in [-0.2, -0.15) is 0 Å². The number of imidazole rings is 1. The molecule has 2 aromatic rings. The first-order chi connectivity index (χ1) is 9.65. The Bertz CT molecular complexity index is 659. The van der Waals surface area contributed by atoms with Crippen LogP contribution in [0.5, 0.6) is 0 Å². The zero-order chi connectivity index (χ0) is 14.1. The Hall–Kier alpha value is -1.56. The Labute approximate surface area is 126 Å². The van der Waals surface area contributed by atoms with Crippen molar-refractivity contribution in [1.29, 1.82) is 0 Å². The number of hydrogen-bond donors (Lipinski definition) is 2. The molecular weight excluding hydrogens is 318 g/mol. The normalized spacial score (nSPS) is 14.7. The number of benzene rings is 1. The molecule has 0 saturated heterocycles. The summed E-state index contributed by atoms with van der Waals surface area (Å²) in [5, 5.41) is 6.50. The van der Waals surface area contributed by atoms with Gasteiger partial charge < -0.3 is 15.2 Å². The third-order valence-corrected chi connectivity index (χ3v) is 4.02. The number of anilines is 1. The molecule has 1 aromatic carbocycles. The van der Waals surface area contributed by atoms with Crippen LogP contribution in [0.4, 0.5) is 5.69 Å². The van der Waals surface area contributed by atoms with Gasteiger partial charge in [-0.25, -0.2) is 4.98 Å². The number of fused-ring (bicyclic) bond motifs is 1. The van der Waals surface area contributed by atoms with Gasteiger partial charge in [-0.1, -0.05) is 13.8 Å². The van der Waals surface area contributed by atoms with E-state index in [0.717, 1.165) is 46.8 Å². The van der Waals surface area contributed by atoms with E-state index in [2.05, 4.69) is 67.1 Å². The Morgan fingerprint density at radius 3 is 3.00 bits per heavy atom. The summed E-state index contributed by atoms with van der Waals surface area (Å²) in [5.41, 5.74) is 3.12. The maximum atomic E-state index is 4.52. The highest BCUT2D eigenvalue weighted by molar-refractivity contribution is 9.10. The molecule has 0 bridgehead atoms. The van der Waals surface area contributed by atoms with Gasteiger partial charge in [0.15, 0.2) is 5.96 Å². The quantitative estimate of drug-likeness (QED) is 0.906. The van der Waals surface area contributed by atoms with Crippen LogP contribution in [0.25, 0.3) is 11.0 Å². The number of aromatic nitrogens is 2. The second-order valence-electron chi connectivity index (χ2n) is 5.37. The van der Waals surface area contributed by atoms with Crippen molar-refractivity contribution in [2.24, 2.45) is 10.9 Å². The zero-order valence-corrected chi connectivity index (χ0v) is 13.2. The topological polar surface area (TPSA) is 54.2 Å². The van der Waals surface area contributed by atoms with Crippen molar-refractivity contribution in [1.82, 2.24) is 14.9 Å². The summed E-state index contributed by atoms with van der Waals surface area (Å²) in [6, 6.07) is 4.17. The molecule has 0 fully saturated rings. The summed E-state index contributed by atoms with van der Waals surface area (Å²) in [6.07, 6.45) is 1.91. The molecule has 2 N–H and O–H groups in total. The van der Waals surface area contributed by atoms with E-state index in [1.807, 2.05) is 6.33 Å². The first kappa shape index (κ1) is 13.4. The van der Waals surface area contributed by atoms with Crippen LogP contribution in [0.3, 0.4) is 0 Å². The van der Waals surface area contributed by atoms with Crippen molar-refractivity contribution >= 4 is 38.6 Å². The number of guanidine groups is 1. The highest BCUT2D eigenvalue weighted by atomic mass is 79.9. The molecule has 20 heavy (non-hydrogen) atoms. The Morgan fingerprint density at radius 1 is 1.45 bits per heavy atom. The van der Waals surface area contributed by atoms with E-state index in [1.54, 1.807) is 0 Å². The fraction of sp³-hybridized carbons (Fsp3) is 0.429. The molecular formula is C14H18BrN5. The van der Waals surface area contributed by atoms with Gasteiger partial charge in [-0.3, -0.25) is 4.99 Å². The Morgan fingerprint density at radius 2 is 2.30 bits per heavy atom. The van der Waals surface area contributed by atoms with Crippen molar-refractivity contribution in [3.63, 3.8) is 0 Å². The maximum Gasteiger partial charge on any atom is 0.195 e. The highest BCUT2D eigenvalue weighted by Crippen LogP contribution is 2.30. The molecule has 1 aromatic heterocycles. The van der Waals surface area contributed by atoms with Crippen LogP contribution < -0.4 is 10.6 Å². The molecule has 6 heteroatoms. The summed E-state index contributed by atoms with van der Waals surface area (Å²) in [7, 11) is 0. The van der Waals surface area contributed by atoms with Gasteiger partial charge in [0.2, 0.25) is 0 Å². The SMILES string of the molecule is CC(C)Cn1cnc2c(Br)c(NC3=NCCN3)ccc21. The van der Waals surface area contributed by atoms with Crippen LogP contribution in [-0.4, -0.2) is 28.6 Å². The molecule has 0 saturated carbocycles. The van der Waals surface area contributed by atoms with Gasteiger partial charge in [0.25, 0.3) is 0 Å². The highest BCUT2D eigenvalue weighted by Gasteiger charge is 2.13. The first-order valence-corrected chi connectivity index (χ1v) is 7.63. The van der Waals surface area contributed by atoms with E-state index in [-0.39, 0.29) is 0 Å². The molecule has 0 amide bonds. The molecule has 0 radical (unpaired) electrons. The van der Waals surface area contributed by atoms with Gasteiger partial charge in [0.1, 0.15) is 5.52 Å². The van der Waals surface area contributed by atoms with Gasteiger partial charge >= 0.3 is 0 Å². The average molecular weight is 336 g/mol. The van der Waals surface area contributed by atoms with E-state index in [9.17, 15) is 0 Å². The van der Waals surface area contributed by atoms with Crippen LogP contribution in [0.2, 0.25) is 0 Å². The van der Waals surface area contributed by atoms with Crippen molar-refractivity contribution in [3.8, 4) is 0 Å². The second kappa shape index (κ2) is 5.44. The van der Waals surface area contributed by atoms with Crippen LogP contribution in [-0.2, 0) is 6.54 Å². The van der Waals surface area contributed by atoms with Crippen molar-refractivity contribution < 1.29 is 0 Å². The van der Waals surface area contributed by atoms with E-state index >= 15 is 0 Å². The fourth-order valence-corrected chi connectivity index (χ4v) is 2.88. The van der Waals surface area contributed by atoms with Gasteiger partial charge in [-0.15, -0.1) is 0 Å². The third-order valence-electron chi connectivity index (χ3n) is 3.22. The number of aliphatic imine (C=N–C) groups is 1. The lowest BCUT2D eigenvalue weighted by Gasteiger charge is -2.11. The third kappa shape index (κ3) is 2.52. The molecule has 1 aliphatic heterocycles. The van der Waals surface area contributed by atoms with E-state index < -0.39 is 0 Å². The van der Waals surface area contributed by atoms with Crippen molar-refractivity contribution in [3.05, 3.63) is 22.9 Å². The predicted molar refractivity (Wildman–Crippen MR) is 86.2 cm³/mol. The molecule has 2 heterocycles. The molecule has 3 rings (SSSR count). The molecule has 0 spiro atoms. The standard InChI is InChI=1S/C14H18BrN5/c1-9(2)7-20-8-18-13-11(20)4-3-10(12(13)15)19-14-16-5-6-17-14/h3-4,8-9H,5-7H2,1-2H3,(H2,16,17,19). The summed E-state index contributed by atoms with van der Waals surface area (Å²) in [5.74, 6) is 1.42. The van der Waals surface area contributed by atoms with Crippen molar-refractivity contribution in [2.75, 3.05) is 18.4 Å². The summed E-state index contributed by atoms with van der Waals surface area (Å²) in [4.78, 5) is 8.87. The minimum Gasteiger partial charge on any atom is -0.354 e. The number of nitrogens with zero attached hydrogens (tertiary/aromatic N) is 3. The average Bonchev–Trinajstić information content (AvgIpc) is 3.03. The zero-order valence-electron chi connectivity index (χ0n) is 11.7. The van der Waals surface area contributed by atoms with Crippen LogP contribution in [0.15, 0.2) is 27.9 Å². The predicted octanol–water partition coefficient (Wildman–Crippen LogP) is 2.83. The van der Waals surface area contributed by atoms with Crippen LogP contribution >= 0.6 is 15.9 Å². The summed E-state index contributed by atoms with van der Waals surface area (Å²) >= 11 is 3.65. The van der Waals surface area contributed by atoms with Gasteiger partial charge in [0.05, 0.1) is 28.5 Å². The number of rotatable bonds is 3. The lowest BCUT2D eigenvalue weighted by Crippen LogP contribution is -2.26. The maximum absolute atomic E-state index is 4.52. The van der Waals surface area contributed by atoms with Gasteiger partial charge in [-0.05, 0) is 34.0 Å². The monoisotopic (exact) mass is 335 g/mol. The Kier molecular flexibility index (Phi) is 3.65. The van der Waals surface area contributed by atoms with Crippen LogP contribution in [0.1, 0.15) is 13.8 Å². The summed E-state index contributed by atoms with van der Waals surface area (Å²) < 4.78 is 3.17. The van der Waals surface area contributed by atoms with Crippen LogP contribution in [0, 0.1) is 5.92 Å². The molecule has 0 aliphatic carbocycles. The lowest BCUT2D eigenvalue weighted by atomic mass is 10.2. The second-order valence-corrected chi connectivity index (χ2v) is 6.16. The fourth-order valence-electron chi connectivity index (χ4n) is 2.34. The van der Waals surface area contributed by atoms with E-state index in [1.165, 1.54) is 0 Å². The molecule has 0 atom stereocenters. The van der Waals surface area contributed by atoms with Gasteiger partial charge in [0, 0.05) is 13.1 Å². The number of halogens is 1. The molecule has 1 aliphatic rings. The first-order valence-electron chi connectivity index (χ1n) is 6.84. The lowest BCUT2D eigenvalue weighted by molar-refractivity contribution is 0.533. The minimum atomic E-state index is 0.598. The molecule has 106 valence electrons. The number of hydrogen-bond acceptors (Lipinski definition) is 4. The van der Waals surface area contributed by atoms with Crippen molar-refractivity contribution in [2.45, 2.75) is 20.4 Å². The molecule has 5 nitrogen and oxygen atoms in total. The Balaban J connectivity index is 1.94. The van der Waals surface area contributed by atoms with E-state index in [4.69, 9.17) is 0 Å². The largest absolute Gasteiger partial charge is 0.354 e. The van der Waals surface area contributed by atoms with E-state index in [0.29, 0.717) is 5.92 Å². The smallest absolute Gasteiger partial charge is 0.195 e.